The van der Waals surface area contributed by atoms with Crippen molar-refractivity contribution >= 4 is 68.5 Å². The van der Waals surface area contributed by atoms with Gasteiger partial charge in [-0.1, -0.05) is 29.0 Å². The maximum atomic E-state index is 13.3. The Balaban J connectivity index is 0.00000306. The maximum Gasteiger partial charge on any atom is 0.229 e. The summed E-state index contributed by atoms with van der Waals surface area (Å²) in [6.45, 7) is 6.95. The van der Waals surface area contributed by atoms with E-state index in [1.165, 1.54) is 15.4 Å². The fourth-order valence-corrected chi connectivity index (χ4v) is 5.96. The molecular formula is C24H30ClN3O2S3. The lowest BCUT2D eigenvalue weighted by Crippen LogP contribution is -2.43. The minimum absolute atomic E-state index is 0. The molecule has 1 aliphatic rings. The van der Waals surface area contributed by atoms with Gasteiger partial charge in [0.1, 0.15) is 0 Å². The van der Waals surface area contributed by atoms with Gasteiger partial charge in [0.2, 0.25) is 5.91 Å². The number of hydrogen-bond donors (Lipinski definition) is 0. The lowest BCUT2D eigenvalue weighted by molar-refractivity contribution is -0.118. The van der Waals surface area contributed by atoms with Gasteiger partial charge in [-0.2, -0.15) is 0 Å². The third-order valence-electron chi connectivity index (χ3n) is 5.47. The predicted octanol–water partition coefficient (Wildman–Crippen LogP) is 5.60. The molecule has 1 aliphatic heterocycles. The Morgan fingerprint density at radius 3 is 2.61 bits per heavy atom. The monoisotopic (exact) mass is 523 g/mol. The van der Waals surface area contributed by atoms with Crippen LogP contribution in [0, 0.1) is 6.92 Å². The van der Waals surface area contributed by atoms with Crippen LogP contribution < -0.4 is 4.90 Å². The molecule has 3 aromatic rings. The molecule has 178 valence electrons. The predicted molar refractivity (Wildman–Crippen MR) is 145 cm³/mol. The second-order valence-corrected chi connectivity index (χ2v) is 10.8. The molecule has 0 saturated carbocycles. The zero-order chi connectivity index (χ0) is 22.3. The number of halogens is 1. The van der Waals surface area contributed by atoms with Gasteiger partial charge >= 0.3 is 0 Å². The van der Waals surface area contributed by atoms with Gasteiger partial charge < -0.3 is 4.74 Å². The lowest BCUT2D eigenvalue weighted by atomic mass is 10.2. The van der Waals surface area contributed by atoms with Gasteiger partial charge in [-0.05, 0) is 43.5 Å². The Morgan fingerprint density at radius 2 is 1.88 bits per heavy atom. The van der Waals surface area contributed by atoms with E-state index >= 15 is 0 Å². The van der Waals surface area contributed by atoms with E-state index < -0.39 is 0 Å². The number of hydrogen-bond acceptors (Lipinski definition) is 7. The first kappa shape index (κ1) is 26.3. The number of rotatable bonds is 9. The number of carbonyl (C=O) groups is 1. The summed E-state index contributed by atoms with van der Waals surface area (Å²) in [5.74, 6) is 0.902. The normalized spacial score (nSPS) is 14.2. The molecule has 0 N–H and O–H groups in total. The van der Waals surface area contributed by atoms with Crippen molar-refractivity contribution in [2.45, 2.75) is 23.1 Å². The van der Waals surface area contributed by atoms with Gasteiger partial charge in [0.25, 0.3) is 0 Å². The first-order valence-electron chi connectivity index (χ1n) is 10.9. The molecule has 0 unspecified atom stereocenters. The molecule has 0 radical (unpaired) electrons. The molecule has 1 saturated heterocycles. The second-order valence-electron chi connectivity index (χ2n) is 7.74. The highest BCUT2D eigenvalue weighted by atomic mass is 35.5. The van der Waals surface area contributed by atoms with Gasteiger partial charge in [0, 0.05) is 48.1 Å². The topological polar surface area (TPSA) is 45.7 Å². The summed E-state index contributed by atoms with van der Waals surface area (Å²) in [6, 6.07) is 14.8. The Kier molecular flexibility index (Phi) is 10.3. The third kappa shape index (κ3) is 7.34. The summed E-state index contributed by atoms with van der Waals surface area (Å²) in [7, 11) is 0. The fraction of sp³-hybridized carbons (Fsp3) is 0.417. The van der Waals surface area contributed by atoms with Crippen molar-refractivity contribution in [2.24, 2.45) is 0 Å². The summed E-state index contributed by atoms with van der Waals surface area (Å²) >= 11 is 5.07. The molecule has 4 rings (SSSR count). The first-order chi connectivity index (χ1) is 15.6. The van der Waals surface area contributed by atoms with E-state index in [1.54, 1.807) is 34.9 Å². The molecule has 9 heteroatoms. The Bertz CT molecular complexity index is 1040. The van der Waals surface area contributed by atoms with Crippen LogP contribution in [0.15, 0.2) is 52.3 Å². The minimum Gasteiger partial charge on any atom is -0.379 e. The van der Waals surface area contributed by atoms with Crippen molar-refractivity contribution in [2.75, 3.05) is 56.3 Å². The highest BCUT2D eigenvalue weighted by Crippen LogP contribution is 2.32. The van der Waals surface area contributed by atoms with Crippen LogP contribution in [0.5, 0.6) is 0 Å². The average molecular weight is 524 g/mol. The number of carbonyl (C=O) groups excluding carboxylic acids is 1. The summed E-state index contributed by atoms with van der Waals surface area (Å²) in [4.78, 5) is 24.8. The second kappa shape index (κ2) is 13.0. The van der Waals surface area contributed by atoms with Crippen molar-refractivity contribution in [3.63, 3.8) is 0 Å². The maximum absolute atomic E-state index is 13.3. The lowest BCUT2D eigenvalue weighted by Gasteiger charge is -2.29. The molecule has 1 fully saturated rings. The average Bonchev–Trinajstić information content (AvgIpc) is 3.24. The van der Waals surface area contributed by atoms with Crippen LogP contribution in [0.4, 0.5) is 5.13 Å². The highest BCUT2D eigenvalue weighted by molar-refractivity contribution is 7.99. The molecule has 0 spiro atoms. The van der Waals surface area contributed by atoms with E-state index in [4.69, 9.17) is 9.72 Å². The first-order valence-corrected chi connectivity index (χ1v) is 13.9. The molecule has 5 nitrogen and oxygen atoms in total. The fourth-order valence-electron chi connectivity index (χ4n) is 3.55. The van der Waals surface area contributed by atoms with Crippen LogP contribution in [-0.4, -0.2) is 67.2 Å². The van der Waals surface area contributed by atoms with E-state index in [-0.39, 0.29) is 18.3 Å². The molecular weight excluding hydrogens is 494 g/mol. The number of thiazole rings is 1. The number of thioether (sulfide) groups is 2. The van der Waals surface area contributed by atoms with Crippen molar-refractivity contribution in [1.82, 2.24) is 9.88 Å². The van der Waals surface area contributed by atoms with Crippen molar-refractivity contribution in [3.8, 4) is 0 Å². The standard InChI is InChI=1S/C24H29N3O2S3.ClH/c1-18-3-5-19(6-4-18)31-16-9-23(28)27(11-10-26-12-14-29-15-13-26)24-25-21-8-7-20(30-2)17-22(21)32-24;/h3-8,17H,9-16H2,1-2H3;1H. The van der Waals surface area contributed by atoms with Gasteiger partial charge in [0.05, 0.1) is 23.4 Å². The summed E-state index contributed by atoms with van der Waals surface area (Å²) in [5.41, 5.74) is 2.21. The van der Waals surface area contributed by atoms with Gasteiger partial charge in [0.15, 0.2) is 5.13 Å². The van der Waals surface area contributed by atoms with Crippen LogP contribution >= 0.6 is 47.3 Å². The number of morpholine rings is 1. The van der Waals surface area contributed by atoms with Gasteiger partial charge in [-0.15, -0.1) is 35.9 Å². The largest absolute Gasteiger partial charge is 0.379 e. The van der Waals surface area contributed by atoms with E-state index in [2.05, 4.69) is 60.5 Å². The van der Waals surface area contributed by atoms with Crippen LogP contribution in [0.25, 0.3) is 10.2 Å². The number of ether oxygens (including phenoxy) is 1. The number of amides is 1. The third-order valence-corrected chi connectivity index (χ3v) is 8.25. The molecule has 1 aromatic heterocycles. The Labute approximate surface area is 214 Å². The SMILES string of the molecule is CSc1ccc2nc(N(CCN3CCOCC3)C(=O)CCSc3ccc(C)cc3)sc2c1.Cl. The van der Waals surface area contributed by atoms with Crippen molar-refractivity contribution in [1.29, 1.82) is 0 Å². The van der Waals surface area contributed by atoms with Crippen LogP contribution in [0.3, 0.4) is 0 Å². The van der Waals surface area contributed by atoms with Crippen LogP contribution in [0.1, 0.15) is 12.0 Å². The number of benzene rings is 2. The van der Waals surface area contributed by atoms with Crippen molar-refractivity contribution < 1.29 is 9.53 Å². The van der Waals surface area contributed by atoms with Crippen LogP contribution in [0.2, 0.25) is 0 Å². The summed E-state index contributed by atoms with van der Waals surface area (Å²) < 4.78 is 6.60. The zero-order valence-corrected chi connectivity index (χ0v) is 22.3. The Morgan fingerprint density at radius 1 is 1.15 bits per heavy atom. The zero-order valence-electron chi connectivity index (χ0n) is 19.0. The number of nitrogens with zero attached hydrogens (tertiary/aromatic N) is 3. The number of anilines is 1. The van der Waals surface area contributed by atoms with Crippen molar-refractivity contribution in [3.05, 3.63) is 48.0 Å². The number of aryl methyl sites for hydroxylation is 1. The molecule has 0 bridgehead atoms. The molecule has 0 atom stereocenters. The molecule has 33 heavy (non-hydrogen) atoms. The van der Waals surface area contributed by atoms with E-state index in [1.807, 2.05) is 4.90 Å². The van der Waals surface area contributed by atoms with Gasteiger partial charge in [-0.25, -0.2) is 4.98 Å². The van der Waals surface area contributed by atoms with E-state index in [0.29, 0.717) is 13.0 Å². The summed E-state index contributed by atoms with van der Waals surface area (Å²) in [5, 5.41) is 0.803. The van der Waals surface area contributed by atoms with E-state index in [9.17, 15) is 4.79 Å². The number of aromatic nitrogens is 1. The van der Waals surface area contributed by atoms with E-state index in [0.717, 1.165) is 53.9 Å². The smallest absolute Gasteiger partial charge is 0.229 e. The minimum atomic E-state index is 0. The Hall–Kier alpha value is -1.29. The van der Waals surface area contributed by atoms with Gasteiger partial charge in [-0.3, -0.25) is 14.6 Å². The molecule has 2 aromatic carbocycles. The molecule has 1 amide bonds. The highest BCUT2D eigenvalue weighted by Gasteiger charge is 2.21. The summed E-state index contributed by atoms with van der Waals surface area (Å²) in [6.07, 6.45) is 2.57. The quantitative estimate of drug-likeness (QED) is 0.340. The molecule has 0 aliphatic carbocycles. The number of fused-ring (bicyclic) bond motifs is 1. The van der Waals surface area contributed by atoms with Crippen LogP contribution in [-0.2, 0) is 9.53 Å². The molecule has 2 heterocycles.